The van der Waals surface area contributed by atoms with Gasteiger partial charge < -0.3 is 15.5 Å². The zero-order valence-electron chi connectivity index (χ0n) is 13.9. The molecule has 0 saturated carbocycles. The molecule has 2 rings (SSSR count). The maximum absolute atomic E-state index is 12.1. The summed E-state index contributed by atoms with van der Waals surface area (Å²) in [6.07, 6.45) is 1.61. The third-order valence-corrected chi connectivity index (χ3v) is 3.25. The second-order valence-electron chi connectivity index (χ2n) is 5.72. The van der Waals surface area contributed by atoms with Gasteiger partial charge in [-0.1, -0.05) is 18.2 Å². The molecule has 0 aliphatic carbocycles. The number of amides is 3. The van der Waals surface area contributed by atoms with Gasteiger partial charge in [0.05, 0.1) is 17.7 Å². The summed E-state index contributed by atoms with van der Waals surface area (Å²) in [4.78, 5) is 41.2. The Morgan fingerprint density at radius 2 is 1.88 bits per heavy atom. The molecule has 0 unspecified atom stereocenters. The smallest absolute Gasteiger partial charge is 0.313 e. The minimum absolute atomic E-state index is 0.0309. The number of para-hydroxylation sites is 1. The van der Waals surface area contributed by atoms with E-state index in [2.05, 4.69) is 15.6 Å². The minimum atomic E-state index is -0.812. The van der Waals surface area contributed by atoms with E-state index in [4.69, 9.17) is 0 Å². The SMILES string of the molecule is CC(C)NC(=O)CN(C)C(=O)C(=O)Nc1cccc2cccnc12. The summed E-state index contributed by atoms with van der Waals surface area (Å²) in [6.45, 7) is 3.46. The number of benzene rings is 1. The molecule has 24 heavy (non-hydrogen) atoms. The molecule has 1 heterocycles. The van der Waals surface area contributed by atoms with Crippen molar-refractivity contribution in [2.75, 3.05) is 18.9 Å². The fourth-order valence-corrected chi connectivity index (χ4v) is 2.21. The maximum atomic E-state index is 12.1. The first-order valence-corrected chi connectivity index (χ1v) is 7.58. The normalized spacial score (nSPS) is 10.5. The fraction of sp³-hybridized carbons (Fsp3) is 0.294. The van der Waals surface area contributed by atoms with E-state index in [0.29, 0.717) is 11.2 Å². The van der Waals surface area contributed by atoms with Gasteiger partial charge in [-0.3, -0.25) is 19.4 Å². The number of carbonyl (C=O) groups excluding carboxylic acids is 3. The number of pyridine rings is 1. The van der Waals surface area contributed by atoms with Crippen LogP contribution in [0.2, 0.25) is 0 Å². The first-order valence-electron chi connectivity index (χ1n) is 7.58. The fourth-order valence-electron chi connectivity index (χ4n) is 2.21. The van der Waals surface area contributed by atoms with Gasteiger partial charge in [-0.15, -0.1) is 0 Å². The Kier molecular flexibility index (Phi) is 5.47. The Hall–Kier alpha value is -2.96. The Morgan fingerprint density at radius 3 is 2.58 bits per heavy atom. The molecule has 2 aromatic rings. The van der Waals surface area contributed by atoms with Crippen LogP contribution >= 0.6 is 0 Å². The van der Waals surface area contributed by atoms with Crippen LogP contribution in [-0.4, -0.2) is 47.2 Å². The Bertz CT molecular complexity index is 768. The number of nitrogens with one attached hydrogen (secondary N) is 2. The van der Waals surface area contributed by atoms with Crippen LogP contribution in [0, 0.1) is 0 Å². The second-order valence-corrected chi connectivity index (χ2v) is 5.72. The molecule has 0 bridgehead atoms. The van der Waals surface area contributed by atoms with Gasteiger partial charge in [0.2, 0.25) is 5.91 Å². The van der Waals surface area contributed by atoms with Gasteiger partial charge in [0.1, 0.15) is 0 Å². The highest BCUT2D eigenvalue weighted by molar-refractivity contribution is 6.40. The zero-order valence-corrected chi connectivity index (χ0v) is 13.9. The van der Waals surface area contributed by atoms with Gasteiger partial charge in [-0.2, -0.15) is 0 Å². The first kappa shape index (κ1) is 17.4. The summed E-state index contributed by atoms with van der Waals surface area (Å²) in [5.74, 6) is -1.92. The lowest BCUT2D eigenvalue weighted by Crippen LogP contribution is -2.44. The van der Waals surface area contributed by atoms with Crippen LogP contribution in [0.15, 0.2) is 36.5 Å². The molecule has 126 valence electrons. The van der Waals surface area contributed by atoms with Crippen molar-refractivity contribution in [2.24, 2.45) is 0 Å². The molecule has 1 aromatic carbocycles. The van der Waals surface area contributed by atoms with Gasteiger partial charge >= 0.3 is 11.8 Å². The van der Waals surface area contributed by atoms with Gasteiger partial charge in [0, 0.05) is 24.7 Å². The van der Waals surface area contributed by atoms with Crippen LogP contribution in [-0.2, 0) is 14.4 Å². The Morgan fingerprint density at radius 1 is 1.17 bits per heavy atom. The third kappa shape index (κ3) is 4.28. The van der Waals surface area contributed by atoms with Gasteiger partial charge in [0.25, 0.3) is 0 Å². The maximum Gasteiger partial charge on any atom is 0.313 e. The summed E-state index contributed by atoms with van der Waals surface area (Å²) < 4.78 is 0. The van der Waals surface area contributed by atoms with Crippen molar-refractivity contribution in [3.63, 3.8) is 0 Å². The van der Waals surface area contributed by atoms with Crippen LogP contribution in [0.25, 0.3) is 10.9 Å². The highest BCUT2D eigenvalue weighted by Crippen LogP contribution is 2.20. The van der Waals surface area contributed by atoms with Crippen molar-refractivity contribution in [3.05, 3.63) is 36.5 Å². The Labute approximate surface area is 140 Å². The lowest BCUT2D eigenvalue weighted by atomic mass is 10.2. The molecular weight excluding hydrogens is 308 g/mol. The van der Waals surface area contributed by atoms with E-state index < -0.39 is 11.8 Å². The molecule has 0 spiro atoms. The number of anilines is 1. The molecule has 0 saturated heterocycles. The van der Waals surface area contributed by atoms with E-state index in [1.807, 2.05) is 26.0 Å². The van der Waals surface area contributed by atoms with E-state index in [1.54, 1.807) is 24.4 Å². The molecule has 0 fully saturated rings. The monoisotopic (exact) mass is 328 g/mol. The molecule has 7 nitrogen and oxygen atoms in total. The molecular formula is C17H20N4O3. The summed E-state index contributed by atoms with van der Waals surface area (Å²) in [5.41, 5.74) is 1.05. The average Bonchev–Trinajstić information content (AvgIpc) is 2.53. The van der Waals surface area contributed by atoms with Gasteiger partial charge in [-0.25, -0.2) is 0 Å². The molecule has 0 aliphatic rings. The number of aromatic nitrogens is 1. The number of nitrogens with zero attached hydrogens (tertiary/aromatic N) is 2. The van der Waals surface area contributed by atoms with Crippen LogP contribution in [0.4, 0.5) is 5.69 Å². The van der Waals surface area contributed by atoms with Crippen LogP contribution in [0.1, 0.15) is 13.8 Å². The third-order valence-electron chi connectivity index (χ3n) is 3.25. The minimum Gasteiger partial charge on any atom is -0.352 e. The first-order chi connectivity index (χ1) is 11.4. The quantitative estimate of drug-likeness (QED) is 0.824. The predicted octanol–water partition coefficient (Wildman–Crippen LogP) is 1.16. The molecule has 0 aliphatic heterocycles. The van der Waals surface area contributed by atoms with Crippen LogP contribution in [0.5, 0.6) is 0 Å². The van der Waals surface area contributed by atoms with E-state index in [9.17, 15) is 14.4 Å². The zero-order chi connectivity index (χ0) is 17.7. The summed E-state index contributed by atoms with van der Waals surface area (Å²) in [5, 5.41) is 6.08. The highest BCUT2D eigenvalue weighted by Gasteiger charge is 2.21. The second kappa shape index (κ2) is 7.54. The number of likely N-dealkylation sites (N-methyl/N-ethyl adjacent to an activating group) is 1. The van der Waals surface area contributed by atoms with Crippen molar-refractivity contribution in [2.45, 2.75) is 19.9 Å². The van der Waals surface area contributed by atoms with Crippen molar-refractivity contribution in [1.29, 1.82) is 0 Å². The largest absolute Gasteiger partial charge is 0.352 e. The lowest BCUT2D eigenvalue weighted by molar-refractivity contribution is -0.143. The number of rotatable bonds is 4. The van der Waals surface area contributed by atoms with Crippen LogP contribution in [0.3, 0.4) is 0 Å². The standard InChI is InChI=1S/C17H20N4O3/c1-11(2)19-14(22)10-21(3)17(24)16(23)20-13-8-4-6-12-7-5-9-18-15(12)13/h4-9,11H,10H2,1-3H3,(H,19,22)(H,20,23). The summed E-state index contributed by atoms with van der Waals surface area (Å²) >= 11 is 0. The number of hydrogen-bond acceptors (Lipinski definition) is 4. The average molecular weight is 328 g/mol. The molecule has 0 radical (unpaired) electrons. The Balaban J connectivity index is 2.05. The number of fused-ring (bicyclic) bond motifs is 1. The van der Waals surface area contributed by atoms with E-state index in [0.717, 1.165) is 10.3 Å². The predicted molar refractivity (Wildman–Crippen MR) is 91.3 cm³/mol. The molecule has 0 atom stereocenters. The van der Waals surface area contributed by atoms with E-state index >= 15 is 0 Å². The summed E-state index contributed by atoms with van der Waals surface area (Å²) in [6, 6.07) is 8.93. The molecule has 1 aromatic heterocycles. The van der Waals surface area contributed by atoms with Gasteiger partial charge in [-0.05, 0) is 26.0 Å². The van der Waals surface area contributed by atoms with Crippen molar-refractivity contribution >= 4 is 34.3 Å². The van der Waals surface area contributed by atoms with Gasteiger partial charge in [0.15, 0.2) is 0 Å². The van der Waals surface area contributed by atoms with E-state index in [1.165, 1.54) is 7.05 Å². The van der Waals surface area contributed by atoms with Crippen LogP contribution < -0.4 is 10.6 Å². The molecule has 2 N–H and O–H groups in total. The molecule has 3 amide bonds. The van der Waals surface area contributed by atoms with Crippen molar-refractivity contribution in [1.82, 2.24) is 15.2 Å². The van der Waals surface area contributed by atoms with Crippen molar-refractivity contribution < 1.29 is 14.4 Å². The number of carbonyl (C=O) groups is 3. The lowest BCUT2D eigenvalue weighted by Gasteiger charge is -2.17. The molecule has 7 heteroatoms. The summed E-state index contributed by atoms with van der Waals surface area (Å²) in [7, 11) is 1.41. The topological polar surface area (TPSA) is 91.4 Å². The van der Waals surface area contributed by atoms with E-state index in [-0.39, 0.29) is 18.5 Å². The highest BCUT2D eigenvalue weighted by atomic mass is 16.2. The number of hydrogen-bond donors (Lipinski definition) is 2. The van der Waals surface area contributed by atoms with Crippen molar-refractivity contribution in [3.8, 4) is 0 Å².